The summed E-state index contributed by atoms with van der Waals surface area (Å²) >= 11 is 1.69. The van der Waals surface area contributed by atoms with Gasteiger partial charge in [-0.1, -0.05) is 12.1 Å². The van der Waals surface area contributed by atoms with E-state index in [-0.39, 0.29) is 5.91 Å². The molecule has 0 unspecified atom stereocenters. The van der Waals surface area contributed by atoms with Gasteiger partial charge in [-0.05, 0) is 31.2 Å². The van der Waals surface area contributed by atoms with Crippen LogP contribution in [-0.4, -0.2) is 36.7 Å². The van der Waals surface area contributed by atoms with Gasteiger partial charge in [-0.3, -0.25) is 4.79 Å². The first-order chi connectivity index (χ1) is 8.22. The van der Waals surface area contributed by atoms with Gasteiger partial charge in [0.2, 0.25) is 5.91 Å². The molecule has 0 spiro atoms. The smallest absolute Gasteiger partial charge is 0.241 e. The number of benzene rings is 1. The number of hydrogen-bond donors (Lipinski definition) is 1. The summed E-state index contributed by atoms with van der Waals surface area (Å²) in [5.41, 5.74) is 1.04. The van der Waals surface area contributed by atoms with Gasteiger partial charge in [0.25, 0.3) is 0 Å². The zero-order chi connectivity index (χ0) is 12.3. The van der Waals surface area contributed by atoms with Crippen molar-refractivity contribution in [1.82, 2.24) is 4.90 Å². The van der Waals surface area contributed by atoms with Crippen molar-refractivity contribution in [3.63, 3.8) is 0 Å². The number of carbonyl (C=O) groups excluding carboxylic acids is 1. The molecule has 1 aromatic carbocycles. The predicted molar refractivity (Wildman–Crippen MR) is 72.5 cm³/mol. The van der Waals surface area contributed by atoms with Gasteiger partial charge >= 0.3 is 0 Å². The van der Waals surface area contributed by atoms with Crippen molar-refractivity contribution in [2.45, 2.75) is 23.8 Å². The summed E-state index contributed by atoms with van der Waals surface area (Å²) < 4.78 is 0. The highest BCUT2D eigenvalue weighted by Crippen LogP contribution is 2.26. The van der Waals surface area contributed by atoms with Crippen LogP contribution < -0.4 is 5.32 Å². The summed E-state index contributed by atoms with van der Waals surface area (Å²) in [4.78, 5) is 14.9. The van der Waals surface area contributed by atoms with Crippen LogP contribution >= 0.6 is 11.8 Å². The third-order valence-electron chi connectivity index (χ3n) is 3.03. The second-order valence-corrected chi connectivity index (χ2v) is 5.14. The Kier molecular flexibility index (Phi) is 3.94. The molecule has 1 aliphatic carbocycles. The average Bonchev–Trinajstić information content (AvgIpc) is 3.19. The van der Waals surface area contributed by atoms with Crippen LogP contribution in [0.25, 0.3) is 0 Å². The van der Waals surface area contributed by atoms with Gasteiger partial charge in [-0.2, -0.15) is 0 Å². The molecule has 0 radical (unpaired) electrons. The Labute approximate surface area is 107 Å². The maximum atomic E-state index is 11.9. The van der Waals surface area contributed by atoms with Crippen LogP contribution in [0, 0.1) is 0 Å². The molecule has 0 bridgehead atoms. The number of carbonyl (C=O) groups is 1. The van der Waals surface area contributed by atoms with Crippen molar-refractivity contribution in [3.05, 3.63) is 24.3 Å². The number of hydrogen-bond acceptors (Lipinski definition) is 3. The van der Waals surface area contributed by atoms with Crippen LogP contribution in [-0.2, 0) is 4.79 Å². The van der Waals surface area contributed by atoms with Crippen LogP contribution in [0.5, 0.6) is 0 Å². The number of anilines is 1. The molecule has 2 rings (SSSR count). The third-order valence-corrected chi connectivity index (χ3v) is 3.82. The number of amides is 1. The van der Waals surface area contributed by atoms with E-state index in [0.717, 1.165) is 18.5 Å². The van der Waals surface area contributed by atoms with Crippen LogP contribution in [0.2, 0.25) is 0 Å². The molecule has 92 valence electrons. The summed E-state index contributed by atoms with van der Waals surface area (Å²) in [6.07, 6.45) is 4.35. The highest BCUT2D eigenvalue weighted by molar-refractivity contribution is 7.98. The van der Waals surface area contributed by atoms with Crippen molar-refractivity contribution in [2.75, 3.05) is 25.2 Å². The Morgan fingerprint density at radius 2 is 2.18 bits per heavy atom. The minimum Gasteiger partial charge on any atom is -0.375 e. The molecule has 1 fully saturated rings. The Morgan fingerprint density at radius 1 is 1.47 bits per heavy atom. The largest absolute Gasteiger partial charge is 0.375 e. The SMILES string of the molecule is CSc1ccccc1NCC(=O)N(C)C1CC1. The van der Waals surface area contributed by atoms with E-state index in [9.17, 15) is 4.79 Å². The molecule has 0 saturated heterocycles. The number of nitrogens with zero attached hydrogens (tertiary/aromatic N) is 1. The number of rotatable bonds is 5. The number of nitrogens with one attached hydrogen (secondary N) is 1. The van der Waals surface area contributed by atoms with Gasteiger partial charge in [-0.25, -0.2) is 0 Å². The Hall–Kier alpha value is -1.16. The fourth-order valence-electron chi connectivity index (χ4n) is 1.75. The zero-order valence-electron chi connectivity index (χ0n) is 10.3. The van der Waals surface area contributed by atoms with E-state index in [2.05, 4.69) is 11.4 Å². The summed E-state index contributed by atoms with van der Waals surface area (Å²) in [7, 11) is 1.89. The normalized spacial score (nSPS) is 14.5. The van der Waals surface area contributed by atoms with Gasteiger partial charge < -0.3 is 10.2 Å². The van der Waals surface area contributed by atoms with E-state index in [0.29, 0.717) is 12.6 Å². The maximum Gasteiger partial charge on any atom is 0.241 e. The molecule has 0 aromatic heterocycles. The van der Waals surface area contributed by atoms with Crippen molar-refractivity contribution in [1.29, 1.82) is 0 Å². The molecular weight excluding hydrogens is 232 g/mol. The monoisotopic (exact) mass is 250 g/mol. The number of para-hydroxylation sites is 1. The second kappa shape index (κ2) is 5.45. The minimum atomic E-state index is 0.170. The summed E-state index contributed by atoms with van der Waals surface area (Å²) in [6.45, 7) is 0.380. The molecule has 17 heavy (non-hydrogen) atoms. The summed E-state index contributed by atoms with van der Waals surface area (Å²) in [5.74, 6) is 0.170. The molecule has 1 aliphatic rings. The standard InChI is InChI=1S/C13H18N2OS/c1-15(10-7-8-10)13(16)9-14-11-5-3-4-6-12(11)17-2/h3-6,10,14H,7-9H2,1-2H3. The first-order valence-electron chi connectivity index (χ1n) is 5.85. The van der Waals surface area contributed by atoms with Crippen molar-refractivity contribution in [3.8, 4) is 0 Å². The fourth-order valence-corrected chi connectivity index (χ4v) is 2.33. The van der Waals surface area contributed by atoms with Gasteiger partial charge in [0.05, 0.1) is 6.54 Å². The number of likely N-dealkylation sites (N-methyl/N-ethyl adjacent to an activating group) is 1. The first-order valence-corrected chi connectivity index (χ1v) is 7.07. The molecule has 1 N–H and O–H groups in total. The molecule has 1 aromatic rings. The van der Waals surface area contributed by atoms with Crippen LogP contribution in [0.4, 0.5) is 5.69 Å². The lowest BCUT2D eigenvalue weighted by molar-refractivity contribution is -0.128. The van der Waals surface area contributed by atoms with Crippen LogP contribution in [0.15, 0.2) is 29.2 Å². The topological polar surface area (TPSA) is 32.3 Å². The molecule has 1 amide bonds. The highest BCUT2D eigenvalue weighted by Gasteiger charge is 2.29. The quantitative estimate of drug-likeness (QED) is 0.815. The van der Waals surface area contributed by atoms with Crippen molar-refractivity contribution >= 4 is 23.4 Å². The zero-order valence-corrected chi connectivity index (χ0v) is 11.1. The molecule has 1 saturated carbocycles. The predicted octanol–water partition coefficient (Wildman–Crippen LogP) is 2.44. The third kappa shape index (κ3) is 3.16. The Balaban J connectivity index is 1.90. The van der Waals surface area contributed by atoms with E-state index in [1.165, 1.54) is 4.90 Å². The van der Waals surface area contributed by atoms with Crippen LogP contribution in [0.1, 0.15) is 12.8 Å². The number of thioether (sulfide) groups is 1. The van der Waals surface area contributed by atoms with Gasteiger partial charge in [0, 0.05) is 23.7 Å². The molecule has 4 heteroatoms. The maximum absolute atomic E-state index is 11.9. The van der Waals surface area contributed by atoms with Gasteiger partial charge in [0.1, 0.15) is 0 Å². The highest BCUT2D eigenvalue weighted by atomic mass is 32.2. The molecule has 0 atom stereocenters. The summed E-state index contributed by atoms with van der Waals surface area (Å²) in [6, 6.07) is 8.55. The van der Waals surface area contributed by atoms with E-state index >= 15 is 0 Å². The Morgan fingerprint density at radius 3 is 2.82 bits per heavy atom. The van der Waals surface area contributed by atoms with Crippen molar-refractivity contribution in [2.24, 2.45) is 0 Å². The molecule has 0 aliphatic heterocycles. The second-order valence-electron chi connectivity index (χ2n) is 4.29. The van der Waals surface area contributed by atoms with E-state index in [1.807, 2.05) is 36.4 Å². The molecule has 0 heterocycles. The van der Waals surface area contributed by atoms with Crippen molar-refractivity contribution < 1.29 is 4.79 Å². The van der Waals surface area contributed by atoms with E-state index in [1.54, 1.807) is 11.8 Å². The van der Waals surface area contributed by atoms with Crippen LogP contribution in [0.3, 0.4) is 0 Å². The molecule has 3 nitrogen and oxygen atoms in total. The lowest BCUT2D eigenvalue weighted by atomic mass is 10.3. The average molecular weight is 250 g/mol. The lowest BCUT2D eigenvalue weighted by Gasteiger charge is -2.17. The summed E-state index contributed by atoms with van der Waals surface area (Å²) in [5, 5.41) is 3.22. The Bertz CT molecular complexity index is 404. The van der Waals surface area contributed by atoms with E-state index < -0.39 is 0 Å². The van der Waals surface area contributed by atoms with Gasteiger partial charge in [0.15, 0.2) is 0 Å². The van der Waals surface area contributed by atoms with E-state index in [4.69, 9.17) is 0 Å². The fraction of sp³-hybridized carbons (Fsp3) is 0.462. The minimum absolute atomic E-state index is 0.170. The molecular formula is C13H18N2OS. The lowest BCUT2D eigenvalue weighted by Crippen LogP contribution is -2.33. The van der Waals surface area contributed by atoms with Gasteiger partial charge in [-0.15, -0.1) is 11.8 Å². The first kappa shape index (κ1) is 12.3.